The Morgan fingerprint density at radius 1 is 1.03 bits per heavy atom. The second-order valence-electron chi connectivity index (χ2n) is 12.7. The van der Waals surface area contributed by atoms with Gasteiger partial charge in [0, 0.05) is 31.1 Å². The summed E-state index contributed by atoms with van der Waals surface area (Å²) < 4.78 is 0. The van der Waals surface area contributed by atoms with Crippen LogP contribution in [0.15, 0.2) is 0 Å². The van der Waals surface area contributed by atoms with E-state index < -0.39 is 0 Å². The molecule has 1 amide bonds. The van der Waals surface area contributed by atoms with Gasteiger partial charge in [-0.25, -0.2) is 0 Å². The van der Waals surface area contributed by atoms with Crippen LogP contribution in [0.4, 0.5) is 0 Å². The van der Waals surface area contributed by atoms with Gasteiger partial charge in [-0.3, -0.25) is 19.2 Å². The lowest BCUT2D eigenvalue weighted by Crippen LogP contribution is -2.60. The maximum absolute atomic E-state index is 14.0. The van der Waals surface area contributed by atoms with Gasteiger partial charge in [-0.2, -0.15) is 0 Å². The van der Waals surface area contributed by atoms with Crippen molar-refractivity contribution in [2.75, 3.05) is 6.54 Å². The fraction of sp³-hybridized carbons (Fsp3) is 0.862. The van der Waals surface area contributed by atoms with Crippen LogP contribution in [-0.4, -0.2) is 29.8 Å². The van der Waals surface area contributed by atoms with Gasteiger partial charge in [0.1, 0.15) is 17.3 Å². The van der Waals surface area contributed by atoms with E-state index in [1.807, 2.05) is 0 Å². The SMILES string of the molecule is CC[C@H]1C(=O)C2C(CC[C@@]3(C)C2CC[C@@H]3[C@H](C)CCC(=O)NCC(C)=O)[C@@]2(C)CCC(=O)CC12. The van der Waals surface area contributed by atoms with Crippen molar-refractivity contribution < 1.29 is 19.2 Å². The van der Waals surface area contributed by atoms with Crippen LogP contribution in [0.1, 0.15) is 98.8 Å². The minimum atomic E-state index is -0.0375. The molecule has 1 N–H and O–H groups in total. The first kappa shape index (κ1) is 25.6. The lowest BCUT2D eigenvalue weighted by atomic mass is 9.42. The van der Waals surface area contributed by atoms with Gasteiger partial charge in [0.05, 0.1) is 6.54 Å². The van der Waals surface area contributed by atoms with Gasteiger partial charge >= 0.3 is 0 Å². The molecule has 0 radical (unpaired) electrons. The summed E-state index contributed by atoms with van der Waals surface area (Å²) in [6.45, 7) is 10.9. The molecule has 0 aromatic heterocycles. The molecule has 0 aromatic carbocycles. The molecule has 34 heavy (non-hydrogen) atoms. The highest BCUT2D eigenvalue weighted by atomic mass is 16.2. The molecule has 0 bridgehead atoms. The highest BCUT2D eigenvalue weighted by molar-refractivity contribution is 5.88. The third-order valence-electron chi connectivity index (χ3n) is 11.1. The number of hydrogen-bond acceptors (Lipinski definition) is 4. The maximum atomic E-state index is 14.0. The molecule has 4 fully saturated rings. The van der Waals surface area contributed by atoms with Gasteiger partial charge in [-0.1, -0.05) is 27.7 Å². The summed E-state index contributed by atoms with van der Waals surface area (Å²) in [5.74, 6) is 3.00. The molecule has 4 aliphatic carbocycles. The Morgan fingerprint density at radius 2 is 1.74 bits per heavy atom. The number of hydrogen-bond donors (Lipinski definition) is 1. The van der Waals surface area contributed by atoms with E-state index in [4.69, 9.17) is 0 Å². The summed E-state index contributed by atoms with van der Waals surface area (Å²) in [6, 6.07) is 0. The molecule has 0 saturated heterocycles. The van der Waals surface area contributed by atoms with Crippen molar-refractivity contribution in [1.29, 1.82) is 0 Å². The molecule has 0 heterocycles. The van der Waals surface area contributed by atoms with Crippen molar-refractivity contribution in [1.82, 2.24) is 5.32 Å². The van der Waals surface area contributed by atoms with E-state index in [1.54, 1.807) is 0 Å². The molecule has 4 saturated carbocycles. The molecular weight excluding hydrogens is 426 g/mol. The van der Waals surface area contributed by atoms with Crippen molar-refractivity contribution in [2.24, 2.45) is 52.3 Å². The molecule has 0 aliphatic heterocycles. The molecule has 0 spiro atoms. The first-order valence-corrected chi connectivity index (χ1v) is 13.8. The van der Waals surface area contributed by atoms with E-state index >= 15 is 0 Å². The minimum absolute atomic E-state index is 0.0231. The largest absolute Gasteiger partial charge is 0.349 e. The first-order valence-electron chi connectivity index (χ1n) is 13.8. The van der Waals surface area contributed by atoms with E-state index in [1.165, 1.54) is 6.92 Å². The number of nitrogens with one attached hydrogen (secondary N) is 1. The molecule has 4 unspecified atom stereocenters. The van der Waals surface area contributed by atoms with Crippen LogP contribution in [0.5, 0.6) is 0 Å². The molecule has 5 heteroatoms. The lowest BCUT2D eigenvalue weighted by Gasteiger charge is -2.61. The Balaban J connectivity index is 1.51. The normalized spacial score (nSPS) is 42.4. The van der Waals surface area contributed by atoms with E-state index in [0.29, 0.717) is 54.5 Å². The Hall–Kier alpha value is -1.52. The van der Waals surface area contributed by atoms with Crippen LogP contribution in [0.25, 0.3) is 0 Å². The monoisotopic (exact) mass is 471 g/mol. The number of ketones is 3. The highest BCUT2D eigenvalue weighted by Crippen LogP contribution is 2.68. The third kappa shape index (κ3) is 4.19. The topological polar surface area (TPSA) is 80.3 Å². The van der Waals surface area contributed by atoms with Crippen molar-refractivity contribution >= 4 is 23.3 Å². The third-order valence-corrected chi connectivity index (χ3v) is 11.1. The van der Waals surface area contributed by atoms with Gasteiger partial charge < -0.3 is 5.32 Å². The Kier molecular flexibility index (Phi) is 7.15. The predicted octanol–water partition coefficient (Wildman–Crippen LogP) is 5.15. The summed E-state index contributed by atoms with van der Waals surface area (Å²) in [7, 11) is 0. The average molecular weight is 472 g/mol. The van der Waals surface area contributed by atoms with Gasteiger partial charge in [0.25, 0.3) is 0 Å². The van der Waals surface area contributed by atoms with Crippen LogP contribution in [0, 0.1) is 52.3 Å². The van der Waals surface area contributed by atoms with E-state index in [9.17, 15) is 19.2 Å². The molecule has 190 valence electrons. The van der Waals surface area contributed by atoms with E-state index in [2.05, 4.69) is 33.0 Å². The fourth-order valence-electron chi connectivity index (χ4n) is 9.29. The van der Waals surface area contributed by atoms with Crippen LogP contribution in [0.2, 0.25) is 0 Å². The van der Waals surface area contributed by atoms with Gasteiger partial charge in [0.15, 0.2) is 0 Å². The summed E-state index contributed by atoms with van der Waals surface area (Å²) in [5.41, 5.74) is 0.269. The number of amides is 1. The number of fused-ring (bicyclic) bond motifs is 5. The van der Waals surface area contributed by atoms with Crippen molar-refractivity contribution in [3.05, 3.63) is 0 Å². The van der Waals surface area contributed by atoms with E-state index in [-0.39, 0.29) is 46.8 Å². The molecule has 0 aromatic rings. The standard InChI is InChI=1S/C29H45NO4/c1-6-20-24-15-19(32)11-13-29(24,5)23-12-14-28(4)21(8-9-22(28)26(23)27(20)34)17(2)7-10-25(33)30-16-18(3)31/h17,20-24,26H,6-16H2,1-5H3,(H,30,33)/t17-,20-,21-,22?,23?,24?,26?,28-,29-/m1/s1. The zero-order valence-corrected chi connectivity index (χ0v) is 22.0. The maximum Gasteiger partial charge on any atom is 0.220 e. The molecule has 4 rings (SSSR count). The number of carbonyl (C=O) groups is 4. The summed E-state index contributed by atoms with van der Waals surface area (Å²) in [6.07, 6.45) is 8.92. The Morgan fingerprint density at radius 3 is 2.41 bits per heavy atom. The average Bonchev–Trinajstić information content (AvgIpc) is 3.14. The zero-order valence-electron chi connectivity index (χ0n) is 22.0. The Bertz CT molecular complexity index is 851. The van der Waals surface area contributed by atoms with Gasteiger partial charge in [-0.15, -0.1) is 0 Å². The van der Waals surface area contributed by atoms with Crippen molar-refractivity contribution in [2.45, 2.75) is 98.8 Å². The van der Waals surface area contributed by atoms with Crippen molar-refractivity contribution in [3.8, 4) is 0 Å². The van der Waals surface area contributed by atoms with Crippen LogP contribution < -0.4 is 5.32 Å². The van der Waals surface area contributed by atoms with Gasteiger partial charge in [0.2, 0.25) is 5.91 Å². The van der Waals surface area contributed by atoms with Crippen LogP contribution in [-0.2, 0) is 19.2 Å². The molecule has 5 nitrogen and oxygen atoms in total. The van der Waals surface area contributed by atoms with Crippen molar-refractivity contribution in [3.63, 3.8) is 0 Å². The fourth-order valence-corrected chi connectivity index (χ4v) is 9.29. The zero-order chi connectivity index (χ0) is 24.8. The minimum Gasteiger partial charge on any atom is -0.349 e. The lowest BCUT2D eigenvalue weighted by molar-refractivity contribution is -0.169. The number of Topliss-reactive ketones (excluding diaryl/α,β-unsaturated/α-hetero) is 3. The number of rotatable bonds is 7. The summed E-state index contributed by atoms with van der Waals surface area (Å²) >= 11 is 0. The van der Waals surface area contributed by atoms with E-state index in [0.717, 1.165) is 44.9 Å². The second kappa shape index (κ2) is 9.50. The second-order valence-corrected chi connectivity index (χ2v) is 12.7. The first-order chi connectivity index (χ1) is 16.0. The Labute approximate surface area is 205 Å². The van der Waals surface area contributed by atoms with Gasteiger partial charge in [-0.05, 0) is 92.3 Å². The predicted molar refractivity (Wildman–Crippen MR) is 132 cm³/mol. The molecular formula is C29H45NO4. The summed E-state index contributed by atoms with van der Waals surface area (Å²) in [5, 5.41) is 2.72. The van der Waals surface area contributed by atoms with Crippen LogP contribution >= 0.6 is 0 Å². The highest BCUT2D eigenvalue weighted by Gasteiger charge is 2.65. The number of carbonyl (C=O) groups excluding carboxylic acids is 4. The summed E-state index contributed by atoms with van der Waals surface area (Å²) in [4.78, 5) is 49.7. The molecule has 4 aliphatic rings. The molecule has 9 atom stereocenters. The smallest absolute Gasteiger partial charge is 0.220 e. The van der Waals surface area contributed by atoms with Crippen LogP contribution in [0.3, 0.4) is 0 Å². The quantitative estimate of drug-likeness (QED) is 0.557.